The average Bonchev–Trinajstić information content (AvgIpc) is 1.55. The lowest BCUT2D eigenvalue weighted by atomic mass is 9.88. The summed E-state index contributed by atoms with van der Waals surface area (Å²) >= 11 is 0. The van der Waals surface area contributed by atoms with Gasteiger partial charge in [0.05, 0.1) is 11.0 Å². The molecular weight excluding hydrogens is 1640 g/mol. The van der Waals surface area contributed by atoms with Gasteiger partial charge in [0.15, 0.2) is 34.9 Å². The molecular formula is C125H80N10. The molecule has 10 heteroatoms. The summed E-state index contributed by atoms with van der Waals surface area (Å²) in [7, 11) is 0. The Labute approximate surface area is 780 Å². The van der Waals surface area contributed by atoms with Crippen LogP contribution in [0.4, 0.5) is 0 Å². The van der Waals surface area contributed by atoms with Crippen LogP contribution < -0.4 is 0 Å². The number of pyridine rings is 2. The molecule has 0 N–H and O–H groups in total. The largest absolute Gasteiger partial charge is 0.292 e. The fraction of sp³-hybridized carbons (Fsp3) is 0. The molecule has 10 nitrogen and oxygen atoms in total. The summed E-state index contributed by atoms with van der Waals surface area (Å²) in [6.07, 6.45) is 5.46. The van der Waals surface area contributed by atoms with Crippen molar-refractivity contribution in [1.82, 2.24) is 49.4 Å². The van der Waals surface area contributed by atoms with Crippen LogP contribution in [0.1, 0.15) is 0 Å². The van der Waals surface area contributed by atoms with E-state index in [1.165, 1.54) is 88.3 Å². The maximum absolute atomic E-state index is 5.22. The monoisotopic (exact) mass is 1720 g/mol. The van der Waals surface area contributed by atoms with Crippen molar-refractivity contribution in [3.63, 3.8) is 0 Å². The van der Waals surface area contributed by atoms with Crippen LogP contribution in [0.15, 0.2) is 486 Å². The zero-order valence-corrected chi connectivity index (χ0v) is 73.2. The van der Waals surface area contributed by atoms with Gasteiger partial charge < -0.3 is 0 Å². The average molecular weight is 1720 g/mol. The highest BCUT2D eigenvalue weighted by Crippen LogP contribution is 2.56. The van der Waals surface area contributed by atoms with Crippen molar-refractivity contribution in [2.75, 3.05) is 0 Å². The standard InChI is InChI=1S/C47H30N2.C41H25N5.C37H25N3/c1-4-13-31(14-5-1)37-28-29-38(32-15-6-2-7-16-32)46-41-30-27-36(39-19-12-20-40(44(39)41)45(37)46)33-23-25-34(26-24-33)47-48-42-21-10-11-22-43(42)49(47)35-17-8-3-9-18-35;1-3-13-30-26(10-1)22-36(34-17-7-5-15-32(30)34)39-44-40(37-23-27-11-2-4-14-31(27)33-16-6-8-18-35(33)37)46-41(45-39)38-20-19-29(25-43-38)28-12-9-21-42-24-28;1-3-10-26(11-4-1)28-18-22-31(23-19-28)35-38-36(32-24-20-29(21-25-32)27-12-5-2-6-13-27)40-37(39-35)34-17-9-15-30-14-7-8-16-33(30)34/h1-30H;1-25H;1-25H. The predicted molar refractivity (Wildman–Crippen MR) is 556 cm³/mol. The molecule has 26 rings (SSSR count). The Balaban J connectivity index is 0.000000112. The van der Waals surface area contributed by atoms with Gasteiger partial charge in [0, 0.05) is 68.8 Å². The Morgan fingerprint density at radius 1 is 0.185 bits per heavy atom. The number of aromatic nitrogens is 10. The third kappa shape index (κ3) is 15.2. The normalized spacial score (nSPS) is 11.4. The lowest BCUT2D eigenvalue weighted by Gasteiger charge is -2.15. The molecule has 0 radical (unpaired) electrons. The van der Waals surface area contributed by atoms with Gasteiger partial charge in [-0.2, -0.15) is 0 Å². The van der Waals surface area contributed by atoms with Crippen LogP contribution >= 0.6 is 0 Å². The number of hydrogen-bond acceptors (Lipinski definition) is 9. The van der Waals surface area contributed by atoms with Crippen LogP contribution in [-0.4, -0.2) is 49.4 Å². The van der Waals surface area contributed by atoms with Gasteiger partial charge in [-0.05, 0) is 191 Å². The van der Waals surface area contributed by atoms with Crippen molar-refractivity contribution in [2.24, 2.45) is 0 Å². The minimum Gasteiger partial charge on any atom is -0.292 e. The van der Waals surface area contributed by atoms with E-state index >= 15 is 0 Å². The molecule has 25 aromatic rings. The Morgan fingerprint density at radius 2 is 0.556 bits per heavy atom. The third-order valence-corrected chi connectivity index (χ3v) is 25.8. The van der Waals surface area contributed by atoms with Gasteiger partial charge in [0.25, 0.3) is 0 Å². The maximum atomic E-state index is 5.22. The first kappa shape index (κ1) is 80.1. The Hall–Kier alpha value is -18.3. The van der Waals surface area contributed by atoms with Crippen molar-refractivity contribution >= 4 is 75.7 Å². The van der Waals surface area contributed by atoms with Crippen LogP contribution in [0, 0.1) is 0 Å². The minimum absolute atomic E-state index is 0.521. The highest BCUT2D eigenvalue weighted by molar-refractivity contribution is 6.24. The fourth-order valence-corrected chi connectivity index (χ4v) is 19.3. The lowest BCUT2D eigenvalue weighted by Crippen LogP contribution is -2.02. The summed E-state index contributed by atoms with van der Waals surface area (Å²) in [5.41, 5.74) is 29.1. The lowest BCUT2D eigenvalue weighted by molar-refractivity contribution is 1.06. The number of nitrogens with zero attached hydrogens (tertiary/aromatic N) is 10. The second-order valence-electron chi connectivity index (χ2n) is 33.8. The molecule has 1 aliphatic rings. The van der Waals surface area contributed by atoms with Crippen molar-refractivity contribution in [3.05, 3.63) is 486 Å². The quantitative estimate of drug-likeness (QED) is 0.0980. The molecule has 0 spiro atoms. The van der Waals surface area contributed by atoms with E-state index in [2.05, 4.69) is 440 Å². The molecule has 0 amide bonds. The molecule has 0 saturated carbocycles. The topological polar surface area (TPSA) is 121 Å². The molecule has 0 atom stereocenters. The van der Waals surface area contributed by atoms with Gasteiger partial charge >= 0.3 is 0 Å². The molecule has 135 heavy (non-hydrogen) atoms. The van der Waals surface area contributed by atoms with Gasteiger partial charge in [0.1, 0.15) is 11.5 Å². The number of imidazole rings is 1. The van der Waals surface area contributed by atoms with E-state index in [1.807, 2.05) is 48.8 Å². The van der Waals surface area contributed by atoms with Crippen molar-refractivity contribution in [1.29, 1.82) is 0 Å². The maximum Gasteiger partial charge on any atom is 0.182 e. The first-order chi connectivity index (χ1) is 66.9. The number of rotatable bonds is 14. The second kappa shape index (κ2) is 35.0. The molecule has 0 bridgehead atoms. The molecule has 5 aromatic heterocycles. The third-order valence-electron chi connectivity index (χ3n) is 25.8. The number of benzene rings is 20. The predicted octanol–water partition coefficient (Wildman–Crippen LogP) is 31.8. The van der Waals surface area contributed by atoms with E-state index in [4.69, 9.17) is 39.9 Å². The van der Waals surface area contributed by atoms with E-state index in [9.17, 15) is 0 Å². The number of para-hydroxylation sites is 3. The van der Waals surface area contributed by atoms with Crippen LogP contribution in [-0.2, 0) is 0 Å². The molecule has 0 aliphatic heterocycles. The Kier molecular flexibility index (Phi) is 20.8. The minimum atomic E-state index is 0.521. The van der Waals surface area contributed by atoms with Crippen LogP contribution in [0.2, 0.25) is 0 Å². The van der Waals surface area contributed by atoms with Gasteiger partial charge in [-0.15, -0.1) is 0 Å². The fourth-order valence-electron chi connectivity index (χ4n) is 19.3. The molecule has 0 saturated heterocycles. The van der Waals surface area contributed by atoms with Crippen molar-refractivity contribution in [3.8, 4) is 175 Å². The Bertz CT molecular complexity index is 8470. The summed E-state index contributed by atoms with van der Waals surface area (Å²) < 4.78 is 2.26. The molecule has 630 valence electrons. The SMILES string of the molecule is c1ccc(-c2ccc(-c3ccccc3)c3c2-c2cccc4c(-c5ccc(-c6nc7ccccc7n6-c6ccccc6)cc5)ccc-3c24)cc1.c1ccc(-c2ccc(-c3nc(-c4ccc(-c5ccccc5)cc4)nc(-c4cccc5ccccc45)n3)cc2)cc1.c1cncc(-c2ccc(-c3nc(-c4cc5ccccc5c5ccccc45)nc(-c4cc5ccccc5c5ccccc45)n3)nc2)c1. The van der Waals surface area contributed by atoms with Gasteiger partial charge in [-0.1, -0.05) is 419 Å². The highest BCUT2D eigenvalue weighted by Gasteiger charge is 2.30. The smallest absolute Gasteiger partial charge is 0.182 e. The summed E-state index contributed by atoms with van der Waals surface area (Å²) in [5, 5.41) is 14.0. The number of fused-ring (bicyclic) bond motifs is 11. The van der Waals surface area contributed by atoms with Gasteiger partial charge in [-0.3, -0.25) is 14.5 Å². The summed E-state index contributed by atoms with van der Waals surface area (Å²) in [5.74, 6) is 4.65. The molecule has 1 aliphatic carbocycles. The first-order valence-corrected chi connectivity index (χ1v) is 45.4. The molecule has 5 heterocycles. The van der Waals surface area contributed by atoms with Gasteiger partial charge in [-0.25, -0.2) is 34.9 Å². The van der Waals surface area contributed by atoms with E-state index < -0.39 is 0 Å². The zero-order valence-electron chi connectivity index (χ0n) is 73.2. The van der Waals surface area contributed by atoms with Crippen molar-refractivity contribution in [2.45, 2.75) is 0 Å². The first-order valence-electron chi connectivity index (χ1n) is 45.4. The van der Waals surface area contributed by atoms with E-state index in [1.54, 1.807) is 6.20 Å². The van der Waals surface area contributed by atoms with Crippen molar-refractivity contribution < 1.29 is 0 Å². The van der Waals surface area contributed by atoms with Crippen LogP contribution in [0.25, 0.3) is 250 Å². The summed E-state index contributed by atoms with van der Waals surface area (Å²) in [6.45, 7) is 0. The highest BCUT2D eigenvalue weighted by atomic mass is 15.1. The van der Waals surface area contributed by atoms with Gasteiger partial charge in [0.2, 0.25) is 0 Å². The second-order valence-corrected chi connectivity index (χ2v) is 33.8. The molecule has 20 aromatic carbocycles. The van der Waals surface area contributed by atoms with E-state index in [0.717, 1.165) is 121 Å². The zero-order chi connectivity index (χ0) is 89.5. The van der Waals surface area contributed by atoms with E-state index in [-0.39, 0.29) is 0 Å². The Morgan fingerprint density at radius 3 is 1.11 bits per heavy atom. The van der Waals surface area contributed by atoms with E-state index in [0.29, 0.717) is 40.6 Å². The molecule has 0 fully saturated rings. The number of hydrogen-bond donors (Lipinski definition) is 0. The summed E-state index contributed by atoms with van der Waals surface area (Å²) in [6, 6.07) is 164. The summed E-state index contributed by atoms with van der Waals surface area (Å²) in [4.78, 5) is 44.6. The molecule has 0 unspecified atom stereocenters. The van der Waals surface area contributed by atoms with Crippen LogP contribution in [0.5, 0.6) is 0 Å². The van der Waals surface area contributed by atoms with Crippen LogP contribution in [0.3, 0.4) is 0 Å².